The number of amides is 1. The summed E-state index contributed by atoms with van der Waals surface area (Å²) in [6, 6.07) is -1.02. The number of aromatic nitrogens is 1. The minimum absolute atomic E-state index is 0.0402. The predicted molar refractivity (Wildman–Crippen MR) is 72.2 cm³/mol. The molecule has 1 heterocycles. The van der Waals surface area contributed by atoms with Crippen LogP contribution in [0, 0.1) is 0 Å². The highest BCUT2D eigenvalue weighted by atomic mass is 16.5. The minimum Gasteiger partial charge on any atom is -0.480 e. The first-order valence-electron chi connectivity index (χ1n) is 6.71. The lowest BCUT2D eigenvalue weighted by molar-refractivity contribution is -0.143. The van der Waals surface area contributed by atoms with Gasteiger partial charge in [0, 0.05) is 0 Å². The van der Waals surface area contributed by atoms with Crippen LogP contribution in [0.4, 0.5) is 0 Å². The fraction of sp³-hybridized carbons (Fsp3) is 0.538. The monoisotopic (exact) mass is 314 g/mol. The summed E-state index contributed by atoms with van der Waals surface area (Å²) in [5.74, 6) is -2.95. The van der Waals surface area contributed by atoms with E-state index < -0.39 is 30.5 Å². The van der Waals surface area contributed by atoms with Crippen LogP contribution in [0.15, 0.2) is 10.8 Å². The van der Waals surface area contributed by atoms with Gasteiger partial charge in [-0.1, -0.05) is 19.8 Å². The molecule has 9 nitrogen and oxygen atoms in total. The van der Waals surface area contributed by atoms with Gasteiger partial charge in [0.15, 0.2) is 17.8 Å². The van der Waals surface area contributed by atoms with Gasteiger partial charge in [-0.25, -0.2) is 14.6 Å². The Labute approximate surface area is 126 Å². The predicted octanol–water partition coefficient (Wildman–Crippen LogP) is 0.649. The zero-order valence-corrected chi connectivity index (χ0v) is 12.1. The average molecular weight is 314 g/mol. The number of carboxylic acids is 2. The number of carbonyl (C=O) groups is 3. The van der Waals surface area contributed by atoms with E-state index in [-0.39, 0.29) is 18.1 Å². The van der Waals surface area contributed by atoms with Crippen LogP contribution in [0.5, 0.6) is 0 Å². The van der Waals surface area contributed by atoms with Gasteiger partial charge in [-0.05, 0) is 6.42 Å². The Hall–Kier alpha value is -2.42. The number of hydrogen-bond acceptors (Lipinski definition) is 6. The molecular formula is C13H18N2O7. The third kappa shape index (κ3) is 5.52. The van der Waals surface area contributed by atoms with Crippen LogP contribution in [-0.4, -0.2) is 45.7 Å². The molecule has 0 aliphatic heterocycles. The molecule has 1 unspecified atom stereocenters. The van der Waals surface area contributed by atoms with E-state index in [1.165, 1.54) is 0 Å². The fourth-order valence-electron chi connectivity index (χ4n) is 1.68. The van der Waals surface area contributed by atoms with Gasteiger partial charge in [0.05, 0.1) is 0 Å². The number of oxazole rings is 1. The van der Waals surface area contributed by atoms with Crippen LogP contribution in [-0.2, 0) is 20.9 Å². The summed E-state index contributed by atoms with van der Waals surface area (Å²) in [7, 11) is 0. The number of unbranched alkanes of at least 4 members (excludes halogenated alkanes) is 1. The zero-order valence-electron chi connectivity index (χ0n) is 12.1. The van der Waals surface area contributed by atoms with Crippen molar-refractivity contribution in [3.05, 3.63) is 17.8 Å². The Morgan fingerprint density at radius 1 is 1.41 bits per heavy atom. The molecule has 1 atom stereocenters. The normalized spacial score (nSPS) is 11.9. The van der Waals surface area contributed by atoms with E-state index in [9.17, 15) is 14.4 Å². The smallest absolute Gasteiger partial charge is 0.329 e. The lowest BCUT2D eigenvalue weighted by Gasteiger charge is -2.13. The van der Waals surface area contributed by atoms with Crippen LogP contribution >= 0.6 is 0 Å². The van der Waals surface area contributed by atoms with Gasteiger partial charge in [0.1, 0.15) is 19.3 Å². The number of carbonyl (C=O) groups excluding carboxylic acids is 1. The number of hydrogen-bond donors (Lipinski definition) is 3. The first kappa shape index (κ1) is 17.6. The Morgan fingerprint density at radius 3 is 2.73 bits per heavy atom. The summed E-state index contributed by atoms with van der Waals surface area (Å²) < 4.78 is 9.77. The first-order valence-corrected chi connectivity index (χ1v) is 6.71. The summed E-state index contributed by atoms with van der Waals surface area (Å²) >= 11 is 0. The van der Waals surface area contributed by atoms with Gasteiger partial charge in [0.25, 0.3) is 5.91 Å². The molecule has 1 aromatic rings. The molecule has 1 amide bonds. The quantitative estimate of drug-likeness (QED) is 0.572. The molecule has 0 bridgehead atoms. The maximum absolute atomic E-state index is 12.0. The number of ether oxygens (including phenoxy) is 1. The summed E-state index contributed by atoms with van der Waals surface area (Å²) in [5, 5.41) is 19.9. The highest BCUT2D eigenvalue weighted by Crippen LogP contribution is 2.10. The molecule has 3 N–H and O–H groups in total. The second kappa shape index (κ2) is 8.78. The summed E-state index contributed by atoms with van der Waals surface area (Å²) in [6.45, 7) is 1.12. The highest BCUT2D eigenvalue weighted by Gasteiger charge is 2.24. The van der Waals surface area contributed by atoms with Crippen molar-refractivity contribution in [2.24, 2.45) is 0 Å². The third-order valence-electron chi connectivity index (χ3n) is 2.76. The van der Waals surface area contributed by atoms with Crippen LogP contribution in [0.1, 0.15) is 42.4 Å². The molecule has 1 aromatic heterocycles. The molecule has 9 heteroatoms. The topological polar surface area (TPSA) is 139 Å². The Bertz CT molecular complexity index is 526. The van der Waals surface area contributed by atoms with Gasteiger partial charge >= 0.3 is 11.9 Å². The van der Waals surface area contributed by atoms with E-state index in [0.29, 0.717) is 12.8 Å². The molecule has 0 spiro atoms. The van der Waals surface area contributed by atoms with Crippen molar-refractivity contribution in [2.75, 3.05) is 6.61 Å². The molecule has 0 saturated carbocycles. The second-order valence-electron chi connectivity index (χ2n) is 4.52. The Balaban J connectivity index is 2.66. The molecule has 22 heavy (non-hydrogen) atoms. The third-order valence-corrected chi connectivity index (χ3v) is 2.76. The van der Waals surface area contributed by atoms with Gasteiger partial charge in [0.2, 0.25) is 0 Å². The molecule has 0 aliphatic rings. The minimum atomic E-state index is -1.16. The van der Waals surface area contributed by atoms with Crippen molar-refractivity contribution in [3.8, 4) is 0 Å². The van der Waals surface area contributed by atoms with Crippen molar-refractivity contribution in [3.63, 3.8) is 0 Å². The molecule has 0 aliphatic carbocycles. The summed E-state index contributed by atoms with van der Waals surface area (Å²) in [4.78, 5) is 37.2. The van der Waals surface area contributed by atoms with E-state index in [0.717, 1.165) is 12.8 Å². The average Bonchev–Trinajstić information content (AvgIpc) is 2.91. The van der Waals surface area contributed by atoms with Crippen molar-refractivity contribution in [1.29, 1.82) is 0 Å². The number of nitrogens with one attached hydrogen (secondary N) is 1. The van der Waals surface area contributed by atoms with Crippen LogP contribution in [0.2, 0.25) is 0 Å². The summed E-state index contributed by atoms with van der Waals surface area (Å²) in [5.41, 5.74) is -0.117. The van der Waals surface area contributed by atoms with Crippen LogP contribution in [0.3, 0.4) is 0 Å². The zero-order chi connectivity index (χ0) is 16.5. The van der Waals surface area contributed by atoms with Gasteiger partial charge < -0.3 is 24.7 Å². The second-order valence-corrected chi connectivity index (χ2v) is 4.52. The number of nitrogens with zero attached hydrogens (tertiary/aromatic N) is 1. The summed E-state index contributed by atoms with van der Waals surface area (Å²) in [6.07, 6.45) is 2.78. The first-order chi connectivity index (χ1) is 10.5. The standard InChI is InChI=1S/C13H18N2O7/c1-2-3-4-8(13(19)20)15-12(18)11-9(22-7-14-11)5-21-6-10(16)17/h7-8H,2-6H2,1H3,(H,15,18)(H,16,17)(H,19,20). The van der Waals surface area contributed by atoms with E-state index in [1.807, 2.05) is 6.92 Å². The maximum atomic E-state index is 12.0. The van der Waals surface area contributed by atoms with E-state index in [2.05, 4.69) is 10.3 Å². The molecule has 122 valence electrons. The largest absolute Gasteiger partial charge is 0.480 e. The van der Waals surface area contributed by atoms with Gasteiger partial charge in [-0.15, -0.1) is 0 Å². The van der Waals surface area contributed by atoms with Crippen LogP contribution in [0.25, 0.3) is 0 Å². The van der Waals surface area contributed by atoms with Gasteiger partial charge in [-0.3, -0.25) is 4.79 Å². The lowest BCUT2D eigenvalue weighted by atomic mass is 10.1. The SMILES string of the molecule is CCCCC(NC(=O)c1ncoc1COCC(=O)O)C(=O)O. The van der Waals surface area contributed by atoms with E-state index in [4.69, 9.17) is 19.4 Å². The van der Waals surface area contributed by atoms with E-state index in [1.54, 1.807) is 0 Å². The van der Waals surface area contributed by atoms with Crippen molar-refractivity contribution >= 4 is 17.8 Å². The molecule has 0 radical (unpaired) electrons. The number of rotatable bonds is 10. The number of carboxylic acid groups (broad SMARTS) is 2. The van der Waals surface area contributed by atoms with Crippen LogP contribution < -0.4 is 5.32 Å². The van der Waals surface area contributed by atoms with E-state index >= 15 is 0 Å². The van der Waals surface area contributed by atoms with Crippen molar-refractivity contribution in [1.82, 2.24) is 10.3 Å². The molecule has 0 aromatic carbocycles. The fourth-order valence-corrected chi connectivity index (χ4v) is 1.68. The Kier molecular flexibility index (Phi) is 7.03. The molecule has 0 saturated heterocycles. The van der Waals surface area contributed by atoms with Gasteiger partial charge in [-0.2, -0.15) is 0 Å². The maximum Gasteiger partial charge on any atom is 0.329 e. The molecule has 0 fully saturated rings. The highest BCUT2D eigenvalue weighted by molar-refractivity contribution is 5.95. The number of aliphatic carboxylic acids is 2. The molecule has 1 rings (SSSR count). The molecular weight excluding hydrogens is 296 g/mol. The van der Waals surface area contributed by atoms with Crippen molar-refractivity contribution < 1.29 is 33.8 Å². The van der Waals surface area contributed by atoms with Crippen molar-refractivity contribution in [2.45, 2.75) is 38.8 Å². The Morgan fingerprint density at radius 2 is 2.14 bits per heavy atom. The lowest BCUT2D eigenvalue weighted by Crippen LogP contribution is -2.41.